The van der Waals surface area contributed by atoms with Gasteiger partial charge in [-0.3, -0.25) is 4.79 Å². The molecule has 0 saturated heterocycles. The molecule has 0 bridgehead atoms. The number of amides is 1. The second-order valence-corrected chi connectivity index (χ2v) is 5.75. The van der Waals surface area contributed by atoms with Gasteiger partial charge in [0.05, 0.1) is 0 Å². The van der Waals surface area contributed by atoms with Crippen molar-refractivity contribution in [3.63, 3.8) is 0 Å². The van der Waals surface area contributed by atoms with E-state index in [1.165, 1.54) is 0 Å². The monoisotopic (exact) mass is 333 g/mol. The standard InChI is InChI=1S/C20H16N2O3/c23-20(21-17-8-9-18-19(11-17)25-14-24-18)13-22-10-4-7-16(12-22)15-5-2-1-3-6-15/h1-12H,13-14H2/p+1. The van der Waals surface area contributed by atoms with E-state index >= 15 is 0 Å². The lowest BCUT2D eigenvalue weighted by Gasteiger charge is -2.05. The van der Waals surface area contributed by atoms with Gasteiger partial charge in [-0.2, -0.15) is 4.57 Å². The SMILES string of the molecule is O=C(C[n+]1cccc(-c2ccccc2)c1)Nc1ccc2c(c1)OCO2. The van der Waals surface area contributed by atoms with Crippen molar-refractivity contribution in [1.29, 1.82) is 0 Å². The van der Waals surface area contributed by atoms with Crippen molar-refractivity contribution >= 4 is 11.6 Å². The van der Waals surface area contributed by atoms with Crippen LogP contribution < -0.4 is 19.4 Å². The number of ether oxygens (including phenoxy) is 2. The van der Waals surface area contributed by atoms with Crippen LogP contribution in [0.15, 0.2) is 73.1 Å². The van der Waals surface area contributed by atoms with Gasteiger partial charge in [0.2, 0.25) is 13.3 Å². The van der Waals surface area contributed by atoms with Crippen LogP contribution in [0, 0.1) is 0 Å². The summed E-state index contributed by atoms with van der Waals surface area (Å²) in [6.45, 7) is 0.448. The molecule has 1 N–H and O–H groups in total. The zero-order valence-electron chi connectivity index (χ0n) is 13.5. The van der Waals surface area contributed by atoms with Gasteiger partial charge in [0, 0.05) is 23.4 Å². The average molecular weight is 333 g/mol. The second kappa shape index (κ2) is 6.65. The van der Waals surface area contributed by atoms with Crippen molar-refractivity contribution in [2.75, 3.05) is 12.1 Å². The fourth-order valence-electron chi connectivity index (χ4n) is 2.76. The Morgan fingerprint density at radius 3 is 2.64 bits per heavy atom. The third-order valence-corrected chi connectivity index (χ3v) is 3.95. The fraction of sp³-hybridized carbons (Fsp3) is 0.100. The molecule has 0 fully saturated rings. The smallest absolute Gasteiger partial charge is 0.290 e. The number of rotatable bonds is 4. The predicted octanol–water partition coefficient (Wildman–Crippen LogP) is 3.01. The first-order chi connectivity index (χ1) is 12.3. The normalized spacial score (nSPS) is 12.0. The van der Waals surface area contributed by atoms with E-state index < -0.39 is 0 Å². The second-order valence-electron chi connectivity index (χ2n) is 5.75. The lowest BCUT2D eigenvalue weighted by molar-refractivity contribution is -0.683. The zero-order valence-corrected chi connectivity index (χ0v) is 13.5. The molecule has 1 amide bonds. The molecule has 5 heteroatoms. The van der Waals surface area contributed by atoms with Gasteiger partial charge in [-0.05, 0) is 23.8 Å². The number of nitrogens with one attached hydrogen (secondary N) is 1. The molecule has 1 aliphatic heterocycles. The molecular formula is C20H17N2O3+. The average Bonchev–Trinajstić information content (AvgIpc) is 3.10. The van der Waals surface area contributed by atoms with Crippen molar-refractivity contribution in [2.45, 2.75) is 6.54 Å². The number of hydrogen-bond acceptors (Lipinski definition) is 3. The van der Waals surface area contributed by atoms with Gasteiger partial charge in [0.1, 0.15) is 0 Å². The number of anilines is 1. The molecule has 0 atom stereocenters. The molecule has 0 radical (unpaired) electrons. The maximum absolute atomic E-state index is 12.3. The Bertz CT molecular complexity index is 910. The summed E-state index contributed by atoms with van der Waals surface area (Å²) in [4.78, 5) is 12.3. The Morgan fingerprint density at radius 2 is 1.76 bits per heavy atom. The van der Waals surface area contributed by atoms with Crippen LogP contribution in [0.3, 0.4) is 0 Å². The molecule has 4 rings (SSSR count). The predicted molar refractivity (Wildman–Crippen MR) is 93.3 cm³/mol. The van der Waals surface area contributed by atoms with Crippen LogP contribution in [0.25, 0.3) is 11.1 Å². The van der Waals surface area contributed by atoms with Crippen molar-refractivity contribution in [3.8, 4) is 22.6 Å². The Kier molecular flexibility index (Phi) is 4.04. The number of aromatic nitrogens is 1. The van der Waals surface area contributed by atoms with Crippen LogP contribution in [0.4, 0.5) is 5.69 Å². The van der Waals surface area contributed by atoms with Gasteiger partial charge in [-0.15, -0.1) is 0 Å². The van der Waals surface area contributed by atoms with Crippen molar-refractivity contribution < 1.29 is 18.8 Å². The molecule has 3 aromatic rings. The van der Waals surface area contributed by atoms with E-state index in [0.29, 0.717) is 17.2 Å². The first kappa shape index (κ1) is 15.2. The van der Waals surface area contributed by atoms with E-state index in [1.807, 2.05) is 59.4 Å². The zero-order chi connectivity index (χ0) is 17.1. The molecule has 2 heterocycles. The van der Waals surface area contributed by atoms with E-state index in [2.05, 4.69) is 5.32 Å². The summed E-state index contributed by atoms with van der Waals surface area (Å²) in [6, 6.07) is 19.4. The molecule has 25 heavy (non-hydrogen) atoms. The third kappa shape index (κ3) is 3.45. The number of hydrogen-bond donors (Lipinski definition) is 1. The van der Waals surface area contributed by atoms with E-state index in [9.17, 15) is 4.79 Å². The summed E-state index contributed by atoms with van der Waals surface area (Å²) in [5, 5.41) is 2.88. The quantitative estimate of drug-likeness (QED) is 0.747. The van der Waals surface area contributed by atoms with E-state index in [-0.39, 0.29) is 19.2 Å². The minimum atomic E-state index is -0.103. The van der Waals surface area contributed by atoms with Crippen molar-refractivity contribution in [3.05, 3.63) is 73.1 Å². The summed E-state index contributed by atoms with van der Waals surface area (Å²) in [5.74, 6) is 1.24. The minimum Gasteiger partial charge on any atom is -0.454 e. The largest absolute Gasteiger partial charge is 0.454 e. The van der Waals surface area contributed by atoms with Crippen molar-refractivity contribution in [1.82, 2.24) is 0 Å². The number of carbonyl (C=O) groups excluding carboxylic acids is 1. The minimum absolute atomic E-state index is 0.103. The summed E-state index contributed by atoms with van der Waals surface area (Å²) in [5.41, 5.74) is 2.88. The number of benzene rings is 2. The third-order valence-electron chi connectivity index (χ3n) is 3.95. The summed E-state index contributed by atoms with van der Waals surface area (Å²) in [7, 11) is 0. The van der Waals surface area contributed by atoms with Gasteiger partial charge in [-0.1, -0.05) is 30.3 Å². The highest BCUT2D eigenvalue weighted by Crippen LogP contribution is 2.34. The molecule has 124 valence electrons. The van der Waals surface area contributed by atoms with Gasteiger partial charge < -0.3 is 14.8 Å². The molecule has 5 nitrogen and oxygen atoms in total. The van der Waals surface area contributed by atoms with Crippen molar-refractivity contribution in [2.24, 2.45) is 0 Å². The summed E-state index contributed by atoms with van der Waals surface area (Å²) >= 11 is 0. The first-order valence-electron chi connectivity index (χ1n) is 8.02. The van der Waals surface area contributed by atoms with Crippen LogP contribution >= 0.6 is 0 Å². The Hall–Kier alpha value is -3.34. The number of fused-ring (bicyclic) bond motifs is 1. The lowest BCUT2D eigenvalue weighted by Crippen LogP contribution is -2.39. The molecule has 1 aromatic heterocycles. The molecule has 2 aromatic carbocycles. The number of nitrogens with zero attached hydrogens (tertiary/aromatic N) is 1. The topological polar surface area (TPSA) is 51.4 Å². The molecule has 0 spiro atoms. The molecule has 0 unspecified atom stereocenters. The van der Waals surface area contributed by atoms with Crippen LogP contribution in [-0.4, -0.2) is 12.7 Å². The van der Waals surface area contributed by atoms with E-state index in [1.54, 1.807) is 18.2 Å². The fourth-order valence-corrected chi connectivity index (χ4v) is 2.76. The van der Waals surface area contributed by atoms with Gasteiger partial charge >= 0.3 is 0 Å². The molecule has 1 aliphatic rings. The van der Waals surface area contributed by atoms with Crippen LogP contribution in [0.2, 0.25) is 0 Å². The Labute approximate surface area is 145 Å². The highest BCUT2D eigenvalue weighted by molar-refractivity contribution is 5.90. The van der Waals surface area contributed by atoms with Crippen LogP contribution in [0.5, 0.6) is 11.5 Å². The Balaban J connectivity index is 1.46. The van der Waals surface area contributed by atoms with Gasteiger partial charge in [0.15, 0.2) is 23.9 Å². The molecular weight excluding hydrogens is 316 g/mol. The first-order valence-corrected chi connectivity index (χ1v) is 8.02. The maximum Gasteiger partial charge on any atom is 0.290 e. The summed E-state index contributed by atoms with van der Waals surface area (Å²) in [6.07, 6.45) is 3.85. The molecule has 0 aliphatic carbocycles. The highest BCUT2D eigenvalue weighted by atomic mass is 16.7. The Morgan fingerprint density at radius 1 is 0.960 bits per heavy atom. The summed E-state index contributed by atoms with van der Waals surface area (Å²) < 4.78 is 12.5. The van der Waals surface area contributed by atoms with Crippen LogP contribution in [-0.2, 0) is 11.3 Å². The molecule has 0 saturated carbocycles. The van der Waals surface area contributed by atoms with E-state index in [4.69, 9.17) is 9.47 Å². The lowest BCUT2D eigenvalue weighted by atomic mass is 10.1. The van der Waals surface area contributed by atoms with E-state index in [0.717, 1.165) is 11.1 Å². The highest BCUT2D eigenvalue weighted by Gasteiger charge is 2.16. The number of pyridine rings is 1. The maximum atomic E-state index is 12.3. The van der Waals surface area contributed by atoms with Gasteiger partial charge in [-0.25, -0.2) is 0 Å². The van der Waals surface area contributed by atoms with Gasteiger partial charge in [0.25, 0.3) is 5.91 Å². The number of carbonyl (C=O) groups is 1. The van der Waals surface area contributed by atoms with Crippen LogP contribution in [0.1, 0.15) is 0 Å².